The zero-order chi connectivity index (χ0) is 15.4. The van der Waals surface area contributed by atoms with Crippen molar-refractivity contribution in [3.05, 3.63) is 60.2 Å². The number of aliphatic hydroxyl groups excluding tert-OH is 1. The molecule has 1 aliphatic heterocycles. The van der Waals surface area contributed by atoms with Crippen molar-refractivity contribution in [2.45, 2.75) is 19.6 Å². The van der Waals surface area contributed by atoms with Crippen molar-refractivity contribution in [3.8, 4) is 11.1 Å². The van der Waals surface area contributed by atoms with E-state index < -0.39 is 0 Å². The van der Waals surface area contributed by atoms with Crippen LogP contribution < -0.4 is 0 Å². The van der Waals surface area contributed by atoms with Gasteiger partial charge in [-0.05, 0) is 17.5 Å². The molecule has 0 radical (unpaired) electrons. The largest absolute Gasteiger partial charge is 0.396 e. The van der Waals surface area contributed by atoms with Gasteiger partial charge in [-0.2, -0.15) is 0 Å². The topological polar surface area (TPSA) is 38.7 Å². The molecule has 0 bridgehead atoms. The van der Waals surface area contributed by atoms with Gasteiger partial charge in [0, 0.05) is 11.0 Å². The zero-order valence-corrected chi connectivity index (χ0v) is 12.9. The van der Waals surface area contributed by atoms with Crippen molar-refractivity contribution >= 4 is 0 Å². The molecule has 3 nitrogen and oxygen atoms in total. The monoisotopic (exact) mass is 298 g/mol. The maximum Gasteiger partial charge on any atom is 0.183 e. The summed E-state index contributed by atoms with van der Waals surface area (Å²) in [4.78, 5) is 0. The van der Waals surface area contributed by atoms with Crippen molar-refractivity contribution in [2.24, 2.45) is 5.41 Å². The van der Waals surface area contributed by atoms with Gasteiger partial charge in [-0.15, -0.1) is 0 Å². The quantitative estimate of drug-likeness (QED) is 0.933. The van der Waals surface area contributed by atoms with Crippen LogP contribution in [0.15, 0.2) is 54.6 Å². The van der Waals surface area contributed by atoms with E-state index in [2.05, 4.69) is 31.2 Å². The number of rotatable bonds is 4. The molecule has 3 rings (SSSR count). The average Bonchev–Trinajstić information content (AvgIpc) is 2.63. The van der Waals surface area contributed by atoms with Crippen LogP contribution in [-0.4, -0.2) is 24.9 Å². The molecule has 1 heterocycles. The van der Waals surface area contributed by atoms with Crippen LogP contribution in [0.2, 0.25) is 0 Å². The summed E-state index contributed by atoms with van der Waals surface area (Å²) in [6.45, 7) is 3.22. The molecule has 2 aromatic rings. The summed E-state index contributed by atoms with van der Waals surface area (Å²) >= 11 is 0. The van der Waals surface area contributed by atoms with E-state index in [-0.39, 0.29) is 18.3 Å². The van der Waals surface area contributed by atoms with Crippen molar-refractivity contribution in [2.75, 3.05) is 19.8 Å². The Labute approximate surface area is 131 Å². The van der Waals surface area contributed by atoms with Gasteiger partial charge in [0.1, 0.15) is 0 Å². The van der Waals surface area contributed by atoms with Gasteiger partial charge >= 0.3 is 0 Å². The predicted octanol–water partition coefficient (Wildman–Crippen LogP) is 3.79. The Balaban J connectivity index is 1.70. The van der Waals surface area contributed by atoms with Gasteiger partial charge in [0.2, 0.25) is 0 Å². The Bertz CT molecular complexity index is 578. The summed E-state index contributed by atoms with van der Waals surface area (Å²) in [5.74, 6) is 0. The second kappa shape index (κ2) is 6.61. The fourth-order valence-corrected chi connectivity index (χ4v) is 2.66. The molecule has 1 fully saturated rings. The van der Waals surface area contributed by atoms with Crippen molar-refractivity contribution in [3.63, 3.8) is 0 Å². The molecule has 0 saturated carbocycles. The average molecular weight is 298 g/mol. The highest BCUT2D eigenvalue weighted by atomic mass is 16.7. The van der Waals surface area contributed by atoms with Crippen molar-refractivity contribution < 1.29 is 14.6 Å². The molecule has 0 aromatic heterocycles. The van der Waals surface area contributed by atoms with Crippen LogP contribution in [0.1, 0.15) is 25.2 Å². The van der Waals surface area contributed by atoms with Gasteiger partial charge in [0.25, 0.3) is 0 Å². The van der Waals surface area contributed by atoms with Crippen LogP contribution in [0.5, 0.6) is 0 Å². The van der Waals surface area contributed by atoms with Gasteiger partial charge < -0.3 is 14.6 Å². The Morgan fingerprint density at radius 1 is 0.955 bits per heavy atom. The third-order valence-corrected chi connectivity index (χ3v) is 4.46. The lowest BCUT2D eigenvalue weighted by molar-refractivity contribution is -0.241. The molecule has 1 N–H and O–H groups in total. The second-order valence-corrected chi connectivity index (χ2v) is 5.95. The van der Waals surface area contributed by atoms with E-state index in [9.17, 15) is 5.11 Å². The summed E-state index contributed by atoms with van der Waals surface area (Å²) in [5, 5.41) is 9.50. The van der Waals surface area contributed by atoms with E-state index >= 15 is 0 Å². The fourth-order valence-electron chi connectivity index (χ4n) is 2.66. The first-order valence-corrected chi connectivity index (χ1v) is 7.76. The summed E-state index contributed by atoms with van der Waals surface area (Å²) in [5.41, 5.74) is 3.14. The Morgan fingerprint density at radius 3 is 2.09 bits per heavy atom. The maximum atomic E-state index is 9.50. The van der Waals surface area contributed by atoms with Gasteiger partial charge in [0.05, 0.1) is 19.8 Å². The van der Waals surface area contributed by atoms with E-state index in [0.717, 1.165) is 12.0 Å². The molecule has 0 aliphatic carbocycles. The molecule has 1 saturated heterocycles. The second-order valence-electron chi connectivity index (χ2n) is 5.95. The normalized spacial score (nSPS) is 25.1. The zero-order valence-electron chi connectivity index (χ0n) is 12.9. The maximum absolute atomic E-state index is 9.50. The highest BCUT2D eigenvalue weighted by Gasteiger charge is 2.35. The van der Waals surface area contributed by atoms with Crippen molar-refractivity contribution in [1.82, 2.24) is 0 Å². The number of benzene rings is 2. The minimum absolute atomic E-state index is 0.100. The molecule has 1 aliphatic rings. The molecule has 116 valence electrons. The summed E-state index contributed by atoms with van der Waals surface area (Å²) < 4.78 is 11.7. The van der Waals surface area contributed by atoms with Crippen molar-refractivity contribution in [1.29, 1.82) is 0 Å². The van der Waals surface area contributed by atoms with Gasteiger partial charge in [0.15, 0.2) is 6.29 Å². The minimum atomic E-state index is -0.337. The molecular formula is C19H22O3. The SMILES string of the molecule is CCC1(CO)COC(c2ccc(-c3ccccc3)cc2)OC1. The van der Waals surface area contributed by atoms with E-state index in [4.69, 9.17) is 9.47 Å². The standard InChI is InChI=1S/C19H22O3/c1-2-19(12-20)13-21-18(22-14-19)17-10-8-16(9-11-17)15-6-4-3-5-7-15/h3-11,18,20H,2,12-14H2,1H3. The van der Waals surface area contributed by atoms with E-state index in [1.165, 1.54) is 11.1 Å². The number of aliphatic hydroxyl groups is 1. The molecule has 22 heavy (non-hydrogen) atoms. The van der Waals surface area contributed by atoms with E-state index in [1.54, 1.807) is 0 Å². The molecular weight excluding hydrogens is 276 g/mol. The lowest BCUT2D eigenvalue weighted by Crippen LogP contribution is -2.41. The first-order chi connectivity index (χ1) is 10.8. The lowest BCUT2D eigenvalue weighted by atomic mass is 9.87. The predicted molar refractivity (Wildman–Crippen MR) is 86.3 cm³/mol. The third kappa shape index (κ3) is 3.07. The van der Waals surface area contributed by atoms with Crippen LogP contribution in [-0.2, 0) is 9.47 Å². The highest BCUT2D eigenvalue weighted by molar-refractivity contribution is 5.63. The summed E-state index contributed by atoms with van der Waals surface area (Å²) in [7, 11) is 0. The highest BCUT2D eigenvalue weighted by Crippen LogP contribution is 2.34. The minimum Gasteiger partial charge on any atom is -0.396 e. The van der Waals surface area contributed by atoms with Gasteiger partial charge in [-0.1, -0.05) is 61.5 Å². The molecule has 2 aromatic carbocycles. The number of hydrogen-bond donors (Lipinski definition) is 1. The number of ether oxygens (including phenoxy) is 2. The van der Waals surface area contributed by atoms with Gasteiger partial charge in [-0.25, -0.2) is 0 Å². The van der Waals surface area contributed by atoms with Gasteiger partial charge in [-0.3, -0.25) is 0 Å². The first kappa shape index (κ1) is 15.2. The fraction of sp³-hybridized carbons (Fsp3) is 0.368. The third-order valence-electron chi connectivity index (χ3n) is 4.46. The molecule has 0 unspecified atom stereocenters. The van der Waals surface area contributed by atoms with E-state index in [0.29, 0.717) is 13.2 Å². The molecule has 0 spiro atoms. The van der Waals surface area contributed by atoms with Crippen LogP contribution in [0.3, 0.4) is 0 Å². The Hall–Kier alpha value is -1.68. The molecule has 0 amide bonds. The van der Waals surface area contributed by atoms with Crippen LogP contribution >= 0.6 is 0 Å². The lowest BCUT2D eigenvalue weighted by Gasteiger charge is -2.38. The summed E-state index contributed by atoms with van der Waals surface area (Å²) in [6.07, 6.45) is 0.513. The Kier molecular flexibility index (Phi) is 4.57. The molecule has 3 heteroatoms. The summed E-state index contributed by atoms with van der Waals surface area (Å²) in [6, 6.07) is 18.6. The number of hydrogen-bond acceptors (Lipinski definition) is 3. The van der Waals surface area contributed by atoms with Crippen LogP contribution in [0, 0.1) is 5.41 Å². The van der Waals surface area contributed by atoms with Crippen LogP contribution in [0.25, 0.3) is 11.1 Å². The van der Waals surface area contributed by atoms with Crippen LogP contribution in [0.4, 0.5) is 0 Å². The van der Waals surface area contributed by atoms with E-state index in [1.807, 2.05) is 30.3 Å². The smallest absolute Gasteiger partial charge is 0.183 e. The Morgan fingerprint density at radius 2 is 1.55 bits per heavy atom. The molecule has 0 atom stereocenters. The first-order valence-electron chi connectivity index (χ1n) is 7.76.